The topological polar surface area (TPSA) is 72.8 Å². The van der Waals surface area contributed by atoms with Crippen molar-refractivity contribution in [2.24, 2.45) is 0 Å². The third-order valence-electron chi connectivity index (χ3n) is 4.51. The summed E-state index contributed by atoms with van der Waals surface area (Å²) in [5, 5.41) is 9.57. The molecule has 0 bridgehead atoms. The van der Waals surface area contributed by atoms with E-state index >= 15 is 0 Å². The van der Waals surface area contributed by atoms with Crippen LogP contribution < -0.4 is 0 Å². The average Bonchev–Trinajstić information content (AvgIpc) is 2.93. The van der Waals surface area contributed by atoms with E-state index in [4.69, 9.17) is 4.74 Å². The van der Waals surface area contributed by atoms with E-state index in [1.165, 1.54) is 44.6 Å². The molecule has 1 aliphatic heterocycles. The summed E-state index contributed by atoms with van der Waals surface area (Å²) in [6.45, 7) is 4.38. The van der Waals surface area contributed by atoms with Gasteiger partial charge < -0.3 is 14.6 Å². The smallest absolute Gasteiger partial charge is 0.333 e. The number of esters is 2. The molecule has 1 aliphatic rings. The standard InChI is InChI=1S/C21H34O5/c1-3-5-6-7-8-9-10-11-13-17(20(23)25-4-2)14-12-15-18-16-19(22)26-21(18)24/h14,16,21,24H,3-13,15H2,1-2H3/b17-14-. The first-order chi connectivity index (χ1) is 12.6. The molecule has 5 heteroatoms. The van der Waals surface area contributed by atoms with Gasteiger partial charge >= 0.3 is 11.9 Å². The fourth-order valence-corrected chi connectivity index (χ4v) is 3.01. The van der Waals surface area contributed by atoms with Gasteiger partial charge in [-0.15, -0.1) is 0 Å². The highest BCUT2D eigenvalue weighted by atomic mass is 16.6. The number of hydrogen-bond donors (Lipinski definition) is 1. The van der Waals surface area contributed by atoms with Crippen molar-refractivity contribution < 1.29 is 24.2 Å². The van der Waals surface area contributed by atoms with Crippen molar-refractivity contribution in [3.05, 3.63) is 23.3 Å². The van der Waals surface area contributed by atoms with Crippen LogP contribution in [0.4, 0.5) is 0 Å². The minimum absolute atomic E-state index is 0.260. The summed E-state index contributed by atoms with van der Waals surface area (Å²) in [5.41, 5.74) is 1.25. The van der Waals surface area contributed by atoms with E-state index in [2.05, 4.69) is 11.7 Å². The third-order valence-corrected chi connectivity index (χ3v) is 4.51. The van der Waals surface area contributed by atoms with Gasteiger partial charge in [-0.1, -0.05) is 57.9 Å². The Bertz CT molecular complexity index is 493. The highest BCUT2D eigenvalue weighted by molar-refractivity contribution is 5.88. The van der Waals surface area contributed by atoms with Gasteiger partial charge in [-0.3, -0.25) is 0 Å². The molecule has 0 aromatic heterocycles. The van der Waals surface area contributed by atoms with E-state index < -0.39 is 12.3 Å². The number of cyclic esters (lactones) is 1. The van der Waals surface area contributed by atoms with Crippen molar-refractivity contribution in [2.45, 2.75) is 90.8 Å². The highest BCUT2D eigenvalue weighted by Gasteiger charge is 2.22. The monoisotopic (exact) mass is 366 g/mol. The van der Waals surface area contributed by atoms with Gasteiger partial charge in [0, 0.05) is 17.2 Å². The Morgan fingerprint density at radius 3 is 2.38 bits per heavy atom. The molecule has 0 fully saturated rings. The summed E-state index contributed by atoms with van der Waals surface area (Å²) < 4.78 is 9.79. The Morgan fingerprint density at radius 2 is 1.81 bits per heavy atom. The summed E-state index contributed by atoms with van der Waals surface area (Å²) >= 11 is 0. The van der Waals surface area contributed by atoms with E-state index in [1.807, 2.05) is 6.08 Å². The third kappa shape index (κ3) is 9.18. The van der Waals surface area contributed by atoms with Crippen LogP contribution >= 0.6 is 0 Å². The molecule has 1 atom stereocenters. The normalized spacial score (nSPS) is 17.2. The summed E-state index contributed by atoms with van der Waals surface area (Å²) in [6, 6.07) is 0. The van der Waals surface area contributed by atoms with Crippen molar-refractivity contribution >= 4 is 11.9 Å². The number of unbranched alkanes of at least 4 members (excludes halogenated alkanes) is 7. The number of aliphatic hydroxyl groups excluding tert-OH is 1. The van der Waals surface area contributed by atoms with Crippen LogP contribution in [0.1, 0.15) is 84.5 Å². The van der Waals surface area contributed by atoms with Crippen molar-refractivity contribution in [3.63, 3.8) is 0 Å². The largest absolute Gasteiger partial charge is 0.463 e. The van der Waals surface area contributed by atoms with E-state index in [1.54, 1.807) is 6.92 Å². The van der Waals surface area contributed by atoms with Crippen molar-refractivity contribution in [1.29, 1.82) is 0 Å². The van der Waals surface area contributed by atoms with Crippen LogP contribution in [-0.4, -0.2) is 29.9 Å². The fraction of sp³-hybridized carbons (Fsp3) is 0.714. The highest BCUT2D eigenvalue weighted by Crippen LogP contribution is 2.20. The van der Waals surface area contributed by atoms with Crippen LogP contribution in [-0.2, 0) is 19.1 Å². The van der Waals surface area contributed by atoms with Crippen molar-refractivity contribution in [3.8, 4) is 0 Å². The molecule has 1 rings (SSSR count). The quantitative estimate of drug-likeness (QED) is 0.276. The van der Waals surface area contributed by atoms with Crippen LogP contribution in [0.2, 0.25) is 0 Å². The molecule has 1 heterocycles. The van der Waals surface area contributed by atoms with E-state index in [9.17, 15) is 14.7 Å². The SMILES string of the molecule is CCCCCCCCCC/C(=C/CCC1=CC(=O)OC1O)C(=O)OCC. The molecule has 26 heavy (non-hydrogen) atoms. The maximum atomic E-state index is 12.1. The first kappa shape index (κ1) is 22.4. The molecule has 0 aromatic carbocycles. The number of aliphatic hydroxyl groups is 1. The molecule has 0 saturated carbocycles. The molecule has 0 aliphatic carbocycles. The van der Waals surface area contributed by atoms with Gasteiger partial charge in [0.15, 0.2) is 0 Å². The van der Waals surface area contributed by atoms with Crippen molar-refractivity contribution in [2.75, 3.05) is 6.61 Å². The molecular formula is C21H34O5. The lowest BCUT2D eigenvalue weighted by molar-refractivity contribution is -0.151. The minimum Gasteiger partial charge on any atom is -0.463 e. The van der Waals surface area contributed by atoms with Crippen molar-refractivity contribution in [1.82, 2.24) is 0 Å². The number of allylic oxidation sites excluding steroid dienone is 1. The predicted molar refractivity (Wildman–Crippen MR) is 101 cm³/mol. The zero-order valence-electron chi connectivity index (χ0n) is 16.3. The predicted octanol–water partition coefficient (Wildman–Crippen LogP) is 4.59. The molecule has 0 aromatic rings. The second kappa shape index (κ2) is 13.6. The molecular weight excluding hydrogens is 332 g/mol. The Labute approximate surface area is 157 Å². The van der Waals surface area contributed by atoms with Crippen LogP contribution in [0, 0.1) is 0 Å². The lowest BCUT2D eigenvalue weighted by atomic mass is 10.0. The molecule has 1 unspecified atom stereocenters. The Balaban J connectivity index is 2.35. The molecule has 0 saturated heterocycles. The van der Waals surface area contributed by atoms with Gasteiger partial charge in [0.25, 0.3) is 0 Å². The lowest BCUT2D eigenvalue weighted by Crippen LogP contribution is -2.10. The molecule has 1 N–H and O–H groups in total. The summed E-state index contributed by atoms with van der Waals surface area (Å²) in [5.74, 6) is -0.773. The van der Waals surface area contributed by atoms with Gasteiger partial charge in [-0.2, -0.15) is 0 Å². The molecule has 0 amide bonds. The maximum absolute atomic E-state index is 12.1. The molecule has 0 spiro atoms. The molecule has 148 valence electrons. The Hall–Kier alpha value is -1.62. The van der Waals surface area contributed by atoms with Crippen LogP contribution in [0.5, 0.6) is 0 Å². The first-order valence-corrected chi connectivity index (χ1v) is 10.0. The zero-order valence-corrected chi connectivity index (χ0v) is 16.3. The minimum atomic E-state index is -1.14. The summed E-state index contributed by atoms with van der Waals surface area (Å²) in [6.07, 6.45) is 13.6. The summed E-state index contributed by atoms with van der Waals surface area (Å²) in [4.78, 5) is 23.2. The number of hydrogen-bond acceptors (Lipinski definition) is 5. The molecule has 0 radical (unpaired) electrons. The van der Waals surface area contributed by atoms with Crippen LogP contribution in [0.25, 0.3) is 0 Å². The van der Waals surface area contributed by atoms with E-state index in [-0.39, 0.29) is 5.97 Å². The second-order valence-corrected chi connectivity index (χ2v) is 6.72. The lowest BCUT2D eigenvalue weighted by Gasteiger charge is -2.09. The van der Waals surface area contributed by atoms with E-state index in [0.717, 1.165) is 12.8 Å². The fourth-order valence-electron chi connectivity index (χ4n) is 3.01. The van der Waals surface area contributed by atoms with Gasteiger partial charge in [0.1, 0.15) is 0 Å². The maximum Gasteiger partial charge on any atom is 0.333 e. The van der Waals surface area contributed by atoms with Gasteiger partial charge in [0.2, 0.25) is 6.29 Å². The number of carbonyl (C=O) groups is 2. The van der Waals surface area contributed by atoms with Gasteiger partial charge in [-0.05, 0) is 32.6 Å². The van der Waals surface area contributed by atoms with Gasteiger partial charge in [0.05, 0.1) is 6.61 Å². The van der Waals surface area contributed by atoms with Gasteiger partial charge in [-0.25, -0.2) is 9.59 Å². The Kier molecular flexibility index (Phi) is 11.7. The Morgan fingerprint density at radius 1 is 1.15 bits per heavy atom. The number of carbonyl (C=O) groups excluding carboxylic acids is 2. The number of rotatable bonds is 14. The second-order valence-electron chi connectivity index (χ2n) is 6.72. The zero-order chi connectivity index (χ0) is 19.2. The first-order valence-electron chi connectivity index (χ1n) is 10.0. The average molecular weight is 366 g/mol. The molecule has 5 nitrogen and oxygen atoms in total. The van der Waals surface area contributed by atoms with Crippen LogP contribution in [0.15, 0.2) is 23.3 Å². The van der Waals surface area contributed by atoms with E-state index in [0.29, 0.717) is 37.0 Å². The van der Waals surface area contributed by atoms with Crippen LogP contribution in [0.3, 0.4) is 0 Å². The summed E-state index contributed by atoms with van der Waals surface area (Å²) in [7, 11) is 0. The number of ether oxygens (including phenoxy) is 2.